The van der Waals surface area contributed by atoms with Gasteiger partial charge in [-0.1, -0.05) is 19.9 Å². The summed E-state index contributed by atoms with van der Waals surface area (Å²) in [5.74, 6) is -0.423. The van der Waals surface area contributed by atoms with Crippen LogP contribution >= 0.6 is 0 Å². The van der Waals surface area contributed by atoms with Crippen LogP contribution in [0.15, 0.2) is 12.7 Å². The summed E-state index contributed by atoms with van der Waals surface area (Å²) >= 11 is 0. The largest absolute Gasteiger partial charge is 0.467 e. The summed E-state index contributed by atoms with van der Waals surface area (Å²) in [6.45, 7) is 13.6. The molecule has 4 atom stereocenters. The number of amides is 2. The standard InChI is InChI=1S/C22H38N2O5/c1-8-9-11-15(2)14-16(3)18(23-21(27)29-22(4,5)6)19(25)24-13-10-12-17(24)20(26)28-7/h8,15-18H,1,9-14H2,2-7H3,(H,23,27). The molecule has 7 heteroatoms. The zero-order chi connectivity index (χ0) is 22.2. The lowest BCUT2D eigenvalue weighted by Crippen LogP contribution is -2.55. The van der Waals surface area contributed by atoms with Gasteiger partial charge in [-0.3, -0.25) is 4.79 Å². The summed E-state index contributed by atoms with van der Waals surface area (Å²) in [6, 6.07) is -1.36. The number of hydrogen-bond acceptors (Lipinski definition) is 5. The van der Waals surface area contributed by atoms with E-state index in [1.165, 1.54) is 7.11 Å². The van der Waals surface area contributed by atoms with Gasteiger partial charge in [0.2, 0.25) is 5.91 Å². The number of rotatable bonds is 9. The molecule has 7 nitrogen and oxygen atoms in total. The van der Waals surface area contributed by atoms with Crippen LogP contribution in [0, 0.1) is 11.8 Å². The highest BCUT2D eigenvalue weighted by Crippen LogP contribution is 2.25. The summed E-state index contributed by atoms with van der Waals surface area (Å²) in [4.78, 5) is 39.4. The first kappa shape index (κ1) is 25.0. The number of allylic oxidation sites excluding steroid dienone is 1. The highest BCUT2D eigenvalue weighted by Gasteiger charge is 2.40. The number of hydrogen-bond donors (Lipinski definition) is 1. The first-order chi connectivity index (χ1) is 13.5. The smallest absolute Gasteiger partial charge is 0.408 e. The van der Waals surface area contributed by atoms with Gasteiger partial charge >= 0.3 is 12.1 Å². The Bertz CT molecular complexity index is 584. The number of esters is 1. The third-order valence-corrected chi connectivity index (χ3v) is 5.15. The van der Waals surface area contributed by atoms with Gasteiger partial charge in [0, 0.05) is 6.54 Å². The zero-order valence-electron chi connectivity index (χ0n) is 18.8. The van der Waals surface area contributed by atoms with E-state index in [4.69, 9.17) is 9.47 Å². The van der Waals surface area contributed by atoms with E-state index in [2.05, 4.69) is 18.8 Å². The van der Waals surface area contributed by atoms with E-state index >= 15 is 0 Å². The molecule has 1 aliphatic rings. The van der Waals surface area contributed by atoms with Gasteiger partial charge < -0.3 is 19.7 Å². The van der Waals surface area contributed by atoms with Crippen LogP contribution in [-0.4, -0.2) is 54.2 Å². The summed E-state index contributed by atoms with van der Waals surface area (Å²) in [6.07, 6.45) is 5.19. The van der Waals surface area contributed by atoms with Gasteiger partial charge in [0.25, 0.3) is 0 Å². The molecule has 0 aromatic rings. The van der Waals surface area contributed by atoms with Gasteiger partial charge in [0.1, 0.15) is 17.7 Å². The molecular weight excluding hydrogens is 372 g/mol. The number of carbonyl (C=O) groups is 3. The van der Waals surface area contributed by atoms with Crippen LogP contribution in [0.1, 0.15) is 66.7 Å². The average molecular weight is 411 g/mol. The maximum Gasteiger partial charge on any atom is 0.408 e. The highest BCUT2D eigenvalue weighted by atomic mass is 16.6. The SMILES string of the molecule is C=CCCC(C)CC(C)C(NC(=O)OC(C)(C)C)C(=O)N1CCCC1C(=O)OC. The number of methoxy groups -OCH3 is 1. The second-order valence-electron chi connectivity index (χ2n) is 9.02. The lowest BCUT2D eigenvalue weighted by atomic mass is 9.88. The Morgan fingerprint density at radius 2 is 1.93 bits per heavy atom. The van der Waals surface area contributed by atoms with E-state index in [-0.39, 0.29) is 11.8 Å². The first-order valence-electron chi connectivity index (χ1n) is 10.5. The molecule has 0 aromatic carbocycles. The third kappa shape index (κ3) is 8.07. The first-order valence-corrected chi connectivity index (χ1v) is 10.5. The highest BCUT2D eigenvalue weighted by molar-refractivity contribution is 5.90. The van der Waals surface area contributed by atoms with Crippen molar-refractivity contribution < 1.29 is 23.9 Å². The molecule has 0 aromatic heterocycles. The molecule has 4 unspecified atom stereocenters. The molecule has 2 amide bonds. The molecule has 0 radical (unpaired) electrons. The Hall–Kier alpha value is -2.05. The predicted molar refractivity (Wildman–Crippen MR) is 112 cm³/mol. The van der Waals surface area contributed by atoms with E-state index in [9.17, 15) is 14.4 Å². The minimum atomic E-state index is -0.763. The van der Waals surface area contributed by atoms with Crippen molar-refractivity contribution in [3.05, 3.63) is 12.7 Å². The zero-order valence-corrected chi connectivity index (χ0v) is 18.8. The van der Waals surface area contributed by atoms with Crippen LogP contribution < -0.4 is 5.32 Å². The number of ether oxygens (including phenoxy) is 2. The molecule has 0 saturated carbocycles. The number of alkyl carbamates (subject to hydrolysis) is 1. The summed E-state index contributed by atoms with van der Waals surface area (Å²) < 4.78 is 10.2. The fraction of sp³-hybridized carbons (Fsp3) is 0.773. The molecule has 0 aliphatic carbocycles. The molecule has 0 spiro atoms. The molecule has 1 saturated heterocycles. The Morgan fingerprint density at radius 3 is 2.48 bits per heavy atom. The van der Waals surface area contributed by atoms with Gasteiger partial charge in [-0.2, -0.15) is 0 Å². The summed E-state index contributed by atoms with van der Waals surface area (Å²) in [5.41, 5.74) is -0.666. The normalized spacial score (nSPS) is 19.8. The van der Waals surface area contributed by atoms with Crippen molar-refractivity contribution in [1.29, 1.82) is 0 Å². The molecule has 1 N–H and O–H groups in total. The van der Waals surface area contributed by atoms with Crippen molar-refractivity contribution in [3.8, 4) is 0 Å². The number of nitrogens with one attached hydrogen (secondary N) is 1. The third-order valence-electron chi connectivity index (χ3n) is 5.15. The van der Waals surface area contributed by atoms with Gasteiger partial charge in [0.15, 0.2) is 0 Å². The van der Waals surface area contributed by atoms with Crippen molar-refractivity contribution in [3.63, 3.8) is 0 Å². The van der Waals surface area contributed by atoms with Crippen molar-refractivity contribution in [2.75, 3.05) is 13.7 Å². The molecule has 1 fully saturated rings. The van der Waals surface area contributed by atoms with Crippen LogP contribution in [0.2, 0.25) is 0 Å². The van der Waals surface area contributed by atoms with Crippen LogP contribution in [0.3, 0.4) is 0 Å². The van der Waals surface area contributed by atoms with Gasteiger partial charge in [-0.05, 0) is 64.7 Å². The molecule has 29 heavy (non-hydrogen) atoms. The average Bonchev–Trinajstić information content (AvgIpc) is 3.11. The molecule has 1 aliphatic heterocycles. The van der Waals surface area contributed by atoms with E-state index in [1.807, 2.05) is 13.0 Å². The van der Waals surface area contributed by atoms with Crippen LogP contribution in [0.5, 0.6) is 0 Å². The van der Waals surface area contributed by atoms with E-state index in [1.54, 1.807) is 25.7 Å². The monoisotopic (exact) mass is 410 g/mol. The van der Waals surface area contributed by atoms with Gasteiger partial charge in [0.05, 0.1) is 7.11 Å². The summed E-state index contributed by atoms with van der Waals surface area (Å²) in [5, 5.41) is 2.76. The number of likely N-dealkylation sites (tertiary alicyclic amines) is 1. The van der Waals surface area contributed by atoms with Crippen LogP contribution in [-0.2, 0) is 19.1 Å². The molecule has 1 rings (SSSR count). The Labute approximate surface area is 175 Å². The second-order valence-corrected chi connectivity index (χ2v) is 9.02. The lowest BCUT2D eigenvalue weighted by molar-refractivity contribution is -0.152. The second kappa shape index (κ2) is 11.2. The Kier molecular flexibility index (Phi) is 9.66. The van der Waals surface area contributed by atoms with E-state index < -0.39 is 29.7 Å². The van der Waals surface area contributed by atoms with Crippen molar-refractivity contribution in [1.82, 2.24) is 10.2 Å². The van der Waals surface area contributed by atoms with E-state index in [0.717, 1.165) is 25.7 Å². The van der Waals surface area contributed by atoms with Gasteiger partial charge in [-0.15, -0.1) is 6.58 Å². The fourth-order valence-electron chi connectivity index (χ4n) is 3.76. The molecule has 1 heterocycles. The van der Waals surface area contributed by atoms with E-state index in [0.29, 0.717) is 18.9 Å². The molecule has 166 valence electrons. The fourth-order valence-corrected chi connectivity index (χ4v) is 3.76. The van der Waals surface area contributed by atoms with Crippen molar-refractivity contribution >= 4 is 18.0 Å². The minimum Gasteiger partial charge on any atom is -0.467 e. The van der Waals surface area contributed by atoms with Crippen LogP contribution in [0.25, 0.3) is 0 Å². The Balaban J connectivity index is 2.98. The quantitative estimate of drug-likeness (QED) is 0.463. The number of nitrogens with zero attached hydrogens (tertiary/aromatic N) is 1. The molecular formula is C22H38N2O5. The maximum absolute atomic E-state index is 13.3. The Morgan fingerprint density at radius 1 is 1.28 bits per heavy atom. The van der Waals surface area contributed by atoms with Crippen LogP contribution in [0.4, 0.5) is 4.79 Å². The minimum absolute atomic E-state index is 0.117. The maximum atomic E-state index is 13.3. The van der Waals surface area contributed by atoms with Crippen molar-refractivity contribution in [2.45, 2.75) is 84.4 Å². The topological polar surface area (TPSA) is 84.9 Å². The number of carbonyl (C=O) groups excluding carboxylic acids is 3. The lowest BCUT2D eigenvalue weighted by Gasteiger charge is -2.32. The van der Waals surface area contributed by atoms with Crippen molar-refractivity contribution in [2.24, 2.45) is 11.8 Å². The predicted octanol–water partition coefficient (Wildman–Crippen LogP) is 3.67. The molecule has 0 bridgehead atoms. The van der Waals surface area contributed by atoms with Gasteiger partial charge in [-0.25, -0.2) is 9.59 Å². The summed E-state index contributed by atoms with van der Waals surface area (Å²) in [7, 11) is 1.32.